The van der Waals surface area contributed by atoms with Gasteiger partial charge in [-0.05, 0) is 84.2 Å². The summed E-state index contributed by atoms with van der Waals surface area (Å²) >= 11 is 13.4. The molecule has 0 spiro atoms. The monoisotopic (exact) mass is 727 g/mol. The van der Waals surface area contributed by atoms with Gasteiger partial charge in [0.1, 0.15) is 4.70 Å². The van der Waals surface area contributed by atoms with Crippen LogP contribution in [0.5, 0.6) is 0 Å². The Morgan fingerprint density at radius 1 is 0.812 bits per heavy atom. The number of aryl methyl sites for hydroxylation is 1. The Bertz CT molecular complexity index is 2200. The van der Waals surface area contributed by atoms with Gasteiger partial charge in [-0.2, -0.15) is 4.57 Å². The van der Waals surface area contributed by atoms with Gasteiger partial charge in [-0.25, -0.2) is 9.59 Å². The number of carbonyl (C=O) groups is 2. The third kappa shape index (κ3) is 6.95. The zero-order chi connectivity index (χ0) is 33.2. The van der Waals surface area contributed by atoms with E-state index in [1.807, 2.05) is 36.4 Å². The Morgan fingerprint density at radius 3 is 2.17 bits per heavy atom. The third-order valence-corrected chi connectivity index (χ3v) is 12.4. The summed E-state index contributed by atoms with van der Waals surface area (Å²) in [6, 6.07) is 33.0. The van der Waals surface area contributed by atoms with Gasteiger partial charge in [0.25, 0.3) is 5.01 Å². The highest BCUT2D eigenvalue weighted by Crippen LogP contribution is 2.48. The molecule has 6 aromatic rings. The van der Waals surface area contributed by atoms with Crippen LogP contribution >= 0.6 is 58.2 Å². The normalized spacial score (nSPS) is 13.4. The lowest BCUT2D eigenvalue weighted by Crippen LogP contribution is -2.36. The second-order valence-electron chi connectivity index (χ2n) is 10.9. The smallest absolute Gasteiger partial charge is 0.335 e. The lowest BCUT2D eigenvalue weighted by atomic mass is 10.1. The maximum atomic E-state index is 11.3. The van der Waals surface area contributed by atoms with E-state index in [2.05, 4.69) is 58.0 Å². The molecule has 0 unspecified atom stereocenters. The van der Waals surface area contributed by atoms with E-state index < -0.39 is 11.9 Å². The molecule has 1 aliphatic heterocycles. The fourth-order valence-corrected chi connectivity index (χ4v) is 9.78. The Labute approximate surface area is 299 Å². The zero-order valence-corrected chi connectivity index (χ0v) is 29.4. The number of thiazole rings is 1. The SMILES string of the molecule is O=C(O)c1ccc(SCCN2C(=Cc3sc4ccc5ccccc5c4[n+]3CCSc3ccc(C(=O)O)cc3)Sc3ccc(Cl)cc32)cc1. The molecule has 1 aromatic heterocycles. The molecule has 6 nitrogen and oxygen atoms in total. The van der Waals surface area contributed by atoms with Crippen molar-refractivity contribution in [2.24, 2.45) is 0 Å². The van der Waals surface area contributed by atoms with Crippen LogP contribution in [0.25, 0.3) is 27.1 Å². The van der Waals surface area contributed by atoms with Crippen LogP contribution in [0.15, 0.2) is 123 Å². The van der Waals surface area contributed by atoms with Crippen molar-refractivity contribution in [3.63, 3.8) is 0 Å². The molecule has 0 saturated heterocycles. The van der Waals surface area contributed by atoms with E-state index in [0.717, 1.165) is 55.0 Å². The Kier molecular flexibility index (Phi) is 9.70. The summed E-state index contributed by atoms with van der Waals surface area (Å²) in [4.78, 5) is 28.1. The molecule has 2 heterocycles. The van der Waals surface area contributed by atoms with Crippen molar-refractivity contribution in [2.75, 3.05) is 23.0 Å². The third-order valence-electron chi connectivity index (χ3n) is 7.92. The highest BCUT2D eigenvalue weighted by Gasteiger charge is 2.29. The number of fused-ring (bicyclic) bond motifs is 4. The number of hydrogen-bond acceptors (Lipinski definition) is 7. The van der Waals surface area contributed by atoms with Crippen molar-refractivity contribution in [3.05, 3.63) is 129 Å². The van der Waals surface area contributed by atoms with Gasteiger partial charge < -0.3 is 15.1 Å². The second-order valence-corrected chi connectivity index (χ2v) is 15.8. The molecule has 0 bridgehead atoms. The molecule has 1 aliphatic rings. The molecule has 0 atom stereocenters. The predicted molar refractivity (Wildman–Crippen MR) is 200 cm³/mol. The first kappa shape index (κ1) is 32.6. The van der Waals surface area contributed by atoms with E-state index in [9.17, 15) is 19.8 Å². The fraction of sp³-hybridized carbons (Fsp3) is 0.108. The van der Waals surface area contributed by atoms with Crippen LogP contribution < -0.4 is 9.47 Å². The second kappa shape index (κ2) is 14.3. The number of aromatic nitrogens is 1. The maximum Gasteiger partial charge on any atom is 0.335 e. The molecule has 0 saturated carbocycles. The molecule has 2 N–H and O–H groups in total. The van der Waals surface area contributed by atoms with Crippen LogP contribution in [0.2, 0.25) is 5.02 Å². The summed E-state index contributed by atoms with van der Waals surface area (Å²) in [6.45, 7) is 1.51. The predicted octanol–water partition coefficient (Wildman–Crippen LogP) is 9.89. The van der Waals surface area contributed by atoms with Gasteiger partial charge >= 0.3 is 11.9 Å². The first-order chi connectivity index (χ1) is 23.3. The summed E-state index contributed by atoms with van der Waals surface area (Å²) in [7, 11) is 0. The van der Waals surface area contributed by atoms with Crippen LogP contribution in [-0.4, -0.2) is 40.2 Å². The number of carboxylic acids is 2. The molecule has 11 heteroatoms. The number of halogens is 1. The largest absolute Gasteiger partial charge is 0.478 e. The highest BCUT2D eigenvalue weighted by atomic mass is 35.5. The summed E-state index contributed by atoms with van der Waals surface area (Å²) in [5.41, 5.74) is 2.86. The van der Waals surface area contributed by atoms with Crippen molar-refractivity contribution >= 4 is 103 Å². The summed E-state index contributed by atoms with van der Waals surface area (Å²) in [5.74, 6) is -0.243. The first-order valence-electron chi connectivity index (χ1n) is 15.1. The molecule has 0 radical (unpaired) electrons. The molecule has 0 fully saturated rings. The van der Waals surface area contributed by atoms with Crippen molar-refractivity contribution in [1.82, 2.24) is 0 Å². The number of benzene rings is 5. The zero-order valence-electron chi connectivity index (χ0n) is 25.3. The average Bonchev–Trinajstić information content (AvgIpc) is 3.62. The van der Waals surface area contributed by atoms with Gasteiger partial charge in [-0.15, -0.1) is 23.5 Å². The minimum Gasteiger partial charge on any atom is -0.478 e. The van der Waals surface area contributed by atoms with E-state index in [-0.39, 0.29) is 11.1 Å². The molecule has 5 aromatic carbocycles. The summed E-state index contributed by atoms with van der Waals surface area (Å²) in [5, 5.41) is 23.9. The number of thioether (sulfide) groups is 3. The van der Waals surface area contributed by atoms with Crippen LogP contribution in [0.1, 0.15) is 25.7 Å². The van der Waals surface area contributed by atoms with Gasteiger partial charge in [0.15, 0.2) is 6.54 Å². The van der Waals surface area contributed by atoms with Crippen LogP contribution in [-0.2, 0) is 6.54 Å². The number of aromatic carboxylic acids is 2. The summed E-state index contributed by atoms with van der Waals surface area (Å²) < 4.78 is 3.63. The fourth-order valence-electron chi connectivity index (χ4n) is 5.62. The Balaban J connectivity index is 1.21. The number of anilines is 1. The van der Waals surface area contributed by atoms with E-state index in [1.165, 1.54) is 21.0 Å². The van der Waals surface area contributed by atoms with Gasteiger partial charge in [-0.3, -0.25) is 0 Å². The lowest BCUT2D eigenvalue weighted by molar-refractivity contribution is -0.663. The minimum absolute atomic E-state index is 0.281. The van der Waals surface area contributed by atoms with Crippen LogP contribution in [0, 0.1) is 0 Å². The Morgan fingerprint density at radius 2 is 1.48 bits per heavy atom. The van der Waals surface area contributed by atoms with Crippen LogP contribution in [0.4, 0.5) is 5.69 Å². The first-order valence-corrected chi connectivity index (χ1v) is 19.1. The van der Waals surface area contributed by atoms with E-state index in [0.29, 0.717) is 5.02 Å². The van der Waals surface area contributed by atoms with Crippen LogP contribution in [0.3, 0.4) is 0 Å². The number of carboxylic acid groups (broad SMARTS) is 2. The number of nitrogens with zero attached hydrogens (tertiary/aromatic N) is 2. The van der Waals surface area contributed by atoms with Gasteiger partial charge in [0.2, 0.25) is 5.52 Å². The van der Waals surface area contributed by atoms with Crippen molar-refractivity contribution < 1.29 is 24.4 Å². The average molecular weight is 728 g/mol. The number of rotatable bonds is 11. The van der Waals surface area contributed by atoms with Gasteiger partial charge in [0, 0.05) is 32.0 Å². The molecule has 240 valence electrons. The molecule has 0 amide bonds. The van der Waals surface area contributed by atoms with E-state index >= 15 is 0 Å². The molecule has 48 heavy (non-hydrogen) atoms. The molecule has 0 aliphatic carbocycles. The summed E-state index contributed by atoms with van der Waals surface area (Å²) in [6.07, 6.45) is 2.29. The van der Waals surface area contributed by atoms with Gasteiger partial charge in [-0.1, -0.05) is 59.0 Å². The Hall–Kier alpha value is -3.93. The van der Waals surface area contributed by atoms with Gasteiger partial charge in [0.05, 0.1) is 39.1 Å². The lowest BCUT2D eigenvalue weighted by Gasteiger charge is -2.20. The van der Waals surface area contributed by atoms with E-state index in [4.69, 9.17) is 11.6 Å². The van der Waals surface area contributed by atoms with E-state index in [1.54, 1.807) is 70.9 Å². The molecule has 7 rings (SSSR count). The molecular weight excluding hydrogens is 700 g/mol. The topological polar surface area (TPSA) is 81.7 Å². The quantitative estimate of drug-likeness (QED) is 0.101. The number of hydrogen-bond donors (Lipinski definition) is 2. The highest BCUT2D eigenvalue weighted by molar-refractivity contribution is 8.04. The maximum absolute atomic E-state index is 11.3. The molecular formula is C37H28ClN2O4S4+. The standard InChI is InChI=1S/C37H27ClN2O4S4/c38-26-10-16-31-30(21-26)39(17-19-45-27-11-5-24(6-12-27)36(41)42)33(47-31)22-34-40(18-20-46-28-13-7-25(8-14-28)37(43)44)35-29-4-2-1-3-23(29)9-15-32(35)48-34/h1-16,21-22H,17-20H2,(H-,41,42,43,44)/p+1. The van der Waals surface area contributed by atoms with Crippen molar-refractivity contribution in [2.45, 2.75) is 21.2 Å². The van der Waals surface area contributed by atoms with Crippen molar-refractivity contribution in [3.8, 4) is 0 Å². The van der Waals surface area contributed by atoms with Crippen molar-refractivity contribution in [1.29, 1.82) is 0 Å². The minimum atomic E-state index is -0.927.